The van der Waals surface area contributed by atoms with E-state index in [1.165, 1.54) is 18.4 Å². The topological polar surface area (TPSA) is 27.6 Å². The average Bonchev–Trinajstić information content (AvgIpc) is 2.46. The summed E-state index contributed by atoms with van der Waals surface area (Å²) in [6.07, 6.45) is 2.55. The number of aliphatic imine (C=N–C) groups is 1. The summed E-state index contributed by atoms with van der Waals surface area (Å²) in [4.78, 5) is 7.16. The minimum Gasteiger partial charge on any atom is -0.357 e. The maximum atomic E-state index is 4.76. The van der Waals surface area contributed by atoms with Crippen LogP contribution in [0.2, 0.25) is 0 Å². The van der Waals surface area contributed by atoms with Crippen LogP contribution in [-0.4, -0.2) is 30.5 Å². The molecule has 0 atom stereocenters. The molecule has 1 fully saturated rings. The van der Waals surface area contributed by atoms with E-state index in [9.17, 15) is 0 Å². The van der Waals surface area contributed by atoms with Gasteiger partial charge in [-0.25, -0.2) is 4.99 Å². The Morgan fingerprint density at radius 1 is 1.26 bits per heavy atom. The quantitative estimate of drug-likeness (QED) is 0.667. The zero-order valence-corrected chi connectivity index (χ0v) is 12.1. The van der Waals surface area contributed by atoms with Gasteiger partial charge in [-0.2, -0.15) is 0 Å². The number of piperidine rings is 1. The van der Waals surface area contributed by atoms with Gasteiger partial charge < -0.3 is 10.2 Å². The zero-order chi connectivity index (χ0) is 13.5. The van der Waals surface area contributed by atoms with Gasteiger partial charge in [-0.3, -0.25) is 0 Å². The third kappa shape index (κ3) is 4.27. The Morgan fingerprint density at radius 3 is 2.58 bits per heavy atom. The minimum atomic E-state index is 0.759. The van der Waals surface area contributed by atoms with Crippen molar-refractivity contribution < 1.29 is 0 Å². The smallest absolute Gasteiger partial charge is 0.194 e. The molecule has 3 nitrogen and oxygen atoms in total. The van der Waals surface area contributed by atoms with E-state index in [4.69, 9.17) is 4.99 Å². The molecule has 0 radical (unpaired) electrons. The molecule has 0 bridgehead atoms. The second-order valence-electron chi connectivity index (χ2n) is 5.33. The van der Waals surface area contributed by atoms with Crippen molar-refractivity contribution >= 4 is 5.96 Å². The van der Waals surface area contributed by atoms with Crippen LogP contribution in [0.15, 0.2) is 35.3 Å². The first kappa shape index (κ1) is 13.9. The molecular weight excluding hydrogens is 234 g/mol. The van der Waals surface area contributed by atoms with E-state index in [0.29, 0.717) is 0 Å². The lowest BCUT2D eigenvalue weighted by atomic mass is 10.00. The number of rotatable bonds is 3. The van der Waals surface area contributed by atoms with Gasteiger partial charge in [0.15, 0.2) is 5.96 Å². The normalized spacial score (nSPS) is 17.6. The van der Waals surface area contributed by atoms with Crippen LogP contribution in [0.3, 0.4) is 0 Å². The van der Waals surface area contributed by atoms with E-state index in [0.717, 1.165) is 38.1 Å². The molecule has 1 aliphatic rings. The van der Waals surface area contributed by atoms with Crippen molar-refractivity contribution in [3.05, 3.63) is 35.9 Å². The molecule has 0 unspecified atom stereocenters. The number of hydrogen-bond donors (Lipinski definition) is 1. The monoisotopic (exact) mass is 259 g/mol. The van der Waals surface area contributed by atoms with Gasteiger partial charge in [-0.05, 0) is 31.2 Å². The van der Waals surface area contributed by atoms with E-state index in [1.54, 1.807) is 0 Å². The molecule has 19 heavy (non-hydrogen) atoms. The third-order valence-corrected chi connectivity index (χ3v) is 3.67. The Kier molecular flexibility index (Phi) is 5.25. The van der Waals surface area contributed by atoms with E-state index >= 15 is 0 Å². The third-order valence-electron chi connectivity index (χ3n) is 3.67. The molecule has 1 N–H and O–H groups in total. The zero-order valence-electron chi connectivity index (χ0n) is 12.1. The molecule has 1 aliphatic heterocycles. The Morgan fingerprint density at radius 2 is 1.95 bits per heavy atom. The highest BCUT2D eigenvalue weighted by molar-refractivity contribution is 5.80. The van der Waals surface area contributed by atoms with Crippen LogP contribution in [0.5, 0.6) is 0 Å². The van der Waals surface area contributed by atoms with Crippen LogP contribution >= 0.6 is 0 Å². The largest absolute Gasteiger partial charge is 0.357 e. The van der Waals surface area contributed by atoms with Crippen LogP contribution in [0.1, 0.15) is 32.3 Å². The number of nitrogens with zero attached hydrogens (tertiary/aromatic N) is 2. The number of guanidine groups is 1. The van der Waals surface area contributed by atoms with Crippen molar-refractivity contribution in [3.8, 4) is 0 Å². The van der Waals surface area contributed by atoms with Crippen LogP contribution in [0, 0.1) is 5.92 Å². The highest BCUT2D eigenvalue weighted by Crippen LogP contribution is 2.16. The molecule has 0 spiro atoms. The summed E-state index contributed by atoms with van der Waals surface area (Å²) in [6.45, 7) is 8.41. The van der Waals surface area contributed by atoms with Crippen molar-refractivity contribution in [3.63, 3.8) is 0 Å². The summed E-state index contributed by atoms with van der Waals surface area (Å²) in [5.41, 5.74) is 1.27. The predicted molar refractivity (Wildman–Crippen MR) is 81.2 cm³/mol. The van der Waals surface area contributed by atoms with Gasteiger partial charge >= 0.3 is 0 Å². The van der Waals surface area contributed by atoms with Gasteiger partial charge in [0.1, 0.15) is 0 Å². The van der Waals surface area contributed by atoms with E-state index in [-0.39, 0.29) is 0 Å². The first-order valence-electron chi connectivity index (χ1n) is 7.36. The van der Waals surface area contributed by atoms with Gasteiger partial charge in [0.2, 0.25) is 0 Å². The fourth-order valence-electron chi connectivity index (χ4n) is 2.40. The molecule has 1 aromatic rings. The van der Waals surface area contributed by atoms with Crippen molar-refractivity contribution in [1.29, 1.82) is 0 Å². The maximum absolute atomic E-state index is 4.76. The molecule has 0 saturated carbocycles. The number of benzene rings is 1. The minimum absolute atomic E-state index is 0.759. The predicted octanol–water partition coefficient (Wildman–Crippen LogP) is 2.88. The van der Waals surface area contributed by atoms with Gasteiger partial charge in [-0.15, -0.1) is 0 Å². The van der Waals surface area contributed by atoms with E-state index in [1.807, 2.05) is 6.07 Å². The SMILES string of the molecule is CCNC(=NCc1ccccc1)N1CCC(C)CC1. The molecule has 1 saturated heterocycles. The first-order valence-corrected chi connectivity index (χ1v) is 7.36. The summed E-state index contributed by atoms with van der Waals surface area (Å²) >= 11 is 0. The molecule has 1 heterocycles. The standard InChI is InChI=1S/C16H25N3/c1-3-17-16(19-11-9-14(2)10-12-19)18-13-15-7-5-4-6-8-15/h4-8,14H,3,9-13H2,1-2H3,(H,17,18). The second kappa shape index (κ2) is 7.17. The van der Waals surface area contributed by atoms with Crippen LogP contribution in [0.4, 0.5) is 0 Å². The summed E-state index contributed by atoms with van der Waals surface area (Å²) < 4.78 is 0. The van der Waals surface area contributed by atoms with Crippen molar-refractivity contribution in [2.45, 2.75) is 33.2 Å². The highest BCUT2D eigenvalue weighted by atomic mass is 15.3. The molecular formula is C16H25N3. The second-order valence-corrected chi connectivity index (χ2v) is 5.33. The highest BCUT2D eigenvalue weighted by Gasteiger charge is 2.18. The van der Waals surface area contributed by atoms with Crippen molar-refractivity contribution in [2.75, 3.05) is 19.6 Å². The fraction of sp³-hybridized carbons (Fsp3) is 0.562. The first-order chi connectivity index (χ1) is 9.29. The molecule has 2 rings (SSSR count). The summed E-state index contributed by atoms with van der Waals surface area (Å²) in [7, 11) is 0. The van der Waals surface area contributed by atoms with Gasteiger partial charge in [0, 0.05) is 19.6 Å². The molecule has 104 valence electrons. The lowest BCUT2D eigenvalue weighted by molar-refractivity contribution is 0.273. The number of likely N-dealkylation sites (tertiary alicyclic amines) is 1. The fourth-order valence-corrected chi connectivity index (χ4v) is 2.40. The molecule has 1 aromatic carbocycles. The lowest BCUT2D eigenvalue weighted by Gasteiger charge is -2.33. The maximum Gasteiger partial charge on any atom is 0.194 e. The van der Waals surface area contributed by atoms with Gasteiger partial charge in [0.05, 0.1) is 6.54 Å². The summed E-state index contributed by atoms with van der Waals surface area (Å²) in [6, 6.07) is 10.4. The van der Waals surface area contributed by atoms with Crippen LogP contribution in [-0.2, 0) is 6.54 Å². The molecule has 0 aliphatic carbocycles. The van der Waals surface area contributed by atoms with Gasteiger partial charge in [-0.1, -0.05) is 37.3 Å². The number of hydrogen-bond acceptors (Lipinski definition) is 1. The molecule has 3 heteroatoms. The van der Waals surface area contributed by atoms with Gasteiger partial charge in [0.25, 0.3) is 0 Å². The van der Waals surface area contributed by atoms with Crippen LogP contribution < -0.4 is 5.32 Å². The summed E-state index contributed by atoms with van der Waals surface area (Å²) in [5.74, 6) is 1.92. The molecule has 0 amide bonds. The van der Waals surface area contributed by atoms with E-state index < -0.39 is 0 Å². The van der Waals surface area contributed by atoms with E-state index in [2.05, 4.69) is 48.3 Å². The van der Waals surface area contributed by atoms with Crippen LogP contribution in [0.25, 0.3) is 0 Å². The molecule has 0 aromatic heterocycles. The lowest BCUT2D eigenvalue weighted by Crippen LogP contribution is -2.45. The Balaban J connectivity index is 1.98. The Labute approximate surface area is 116 Å². The van der Waals surface area contributed by atoms with Crippen molar-refractivity contribution in [1.82, 2.24) is 10.2 Å². The number of nitrogens with one attached hydrogen (secondary N) is 1. The average molecular weight is 259 g/mol. The summed E-state index contributed by atoms with van der Waals surface area (Å²) in [5, 5.41) is 3.41. The van der Waals surface area contributed by atoms with Crippen molar-refractivity contribution in [2.24, 2.45) is 10.9 Å². The Hall–Kier alpha value is -1.51. The Bertz CT molecular complexity index is 392.